The quantitative estimate of drug-likeness (QED) is 0.647. The molecule has 4 nitrogen and oxygen atoms in total. The SMILES string of the molecule is CC[C@H](C)c1ccc(NC(=O)CN(C)Cc2nc3ccccc3s2)cc1. The monoisotopic (exact) mass is 367 g/mol. The van der Waals surface area contributed by atoms with Gasteiger partial charge < -0.3 is 5.32 Å². The van der Waals surface area contributed by atoms with Crippen LogP contribution in [0.3, 0.4) is 0 Å². The van der Waals surface area contributed by atoms with Crippen LogP contribution in [-0.4, -0.2) is 29.4 Å². The largest absolute Gasteiger partial charge is 0.325 e. The Kier molecular flexibility index (Phi) is 6.01. The third-order valence-corrected chi connectivity index (χ3v) is 5.55. The lowest BCUT2D eigenvalue weighted by Crippen LogP contribution is -2.29. The summed E-state index contributed by atoms with van der Waals surface area (Å²) in [5, 5.41) is 4.00. The van der Waals surface area contributed by atoms with Crippen molar-refractivity contribution in [3.8, 4) is 0 Å². The molecule has 5 heteroatoms. The molecular weight excluding hydrogens is 342 g/mol. The van der Waals surface area contributed by atoms with Crippen LogP contribution < -0.4 is 5.32 Å². The van der Waals surface area contributed by atoms with E-state index in [4.69, 9.17) is 0 Å². The number of anilines is 1. The van der Waals surface area contributed by atoms with Gasteiger partial charge in [0.05, 0.1) is 23.3 Å². The molecule has 0 aliphatic rings. The zero-order chi connectivity index (χ0) is 18.5. The number of hydrogen-bond donors (Lipinski definition) is 1. The zero-order valence-electron chi connectivity index (χ0n) is 15.5. The van der Waals surface area contributed by atoms with Crippen LogP contribution in [0.2, 0.25) is 0 Å². The summed E-state index contributed by atoms with van der Waals surface area (Å²) in [5.74, 6) is 0.532. The van der Waals surface area contributed by atoms with Crippen molar-refractivity contribution in [1.29, 1.82) is 0 Å². The van der Waals surface area contributed by atoms with E-state index in [1.165, 1.54) is 10.3 Å². The molecule has 3 aromatic rings. The van der Waals surface area contributed by atoms with Gasteiger partial charge in [-0.05, 0) is 49.2 Å². The highest BCUT2D eigenvalue weighted by molar-refractivity contribution is 7.18. The Hall–Kier alpha value is -2.24. The zero-order valence-corrected chi connectivity index (χ0v) is 16.3. The number of hydrogen-bond acceptors (Lipinski definition) is 4. The molecule has 0 aliphatic carbocycles. The van der Waals surface area contributed by atoms with Crippen molar-refractivity contribution in [2.75, 3.05) is 18.9 Å². The molecule has 0 bridgehead atoms. The molecule has 3 rings (SSSR count). The summed E-state index contributed by atoms with van der Waals surface area (Å²) in [6.07, 6.45) is 1.11. The van der Waals surface area contributed by atoms with Crippen molar-refractivity contribution in [3.63, 3.8) is 0 Å². The Morgan fingerprint density at radius 1 is 1.19 bits per heavy atom. The Labute approximate surface area is 158 Å². The number of para-hydroxylation sites is 1. The first kappa shape index (κ1) is 18.5. The van der Waals surface area contributed by atoms with E-state index >= 15 is 0 Å². The van der Waals surface area contributed by atoms with Crippen LogP contribution in [0.1, 0.15) is 36.8 Å². The van der Waals surface area contributed by atoms with E-state index in [2.05, 4.69) is 42.3 Å². The molecule has 1 heterocycles. The molecule has 1 N–H and O–H groups in total. The Bertz CT molecular complexity index is 839. The molecule has 136 valence electrons. The lowest BCUT2D eigenvalue weighted by atomic mass is 9.99. The maximum Gasteiger partial charge on any atom is 0.238 e. The minimum Gasteiger partial charge on any atom is -0.325 e. The highest BCUT2D eigenvalue weighted by atomic mass is 32.1. The van der Waals surface area contributed by atoms with E-state index in [9.17, 15) is 4.79 Å². The molecule has 0 saturated carbocycles. The highest BCUT2D eigenvalue weighted by Gasteiger charge is 2.11. The first-order valence-electron chi connectivity index (χ1n) is 8.98. The van der Waals surface area contributed by atoms with Gasteiger partial charge in [0.2, 0.25) is 5.91 Å². The van der Waals surface area contributed by atoms with E-state index < -0.39 is 0 Å². The lowest BCUT2D eigenvalue weighted by molar-refractivity contribution is -0.117. The van der Waals surface area contributed by atoms with E-state index in [0.717, 1.165) is 22.6 Å². The number of fused-ring (bicyclic) bond motifs is 1. The third-order valence-electron chi connectivity index (χ3n) is 4.53. The first-order valence-corrected chi connectivity index (χ1v) is 9.79. The standard InChI is InChI=1S/C21H25N3OS/c1-4-15(2)16-9-11-17(12-10-16)22-20(25)13-24(3)14-21-23-18-7-5-6-8-19(18)26-21/h5-12,15H,4,13-14H2,1-3H3,(H,22,25)/t15-/m0/s1. The molecule has 1 amide bonds. The average molecular weight is 368 g/mol. The summed E-state index contributed by atoms with van der Waals surface area (Å²) in [5.41, 5.74) is 3.17. The van der Waals surface area contributed by atoms with Crippen molar-refractivity contribution in [1.82, 2.24) is 9.88 Å². The molecule has 0 radical (unpaired) electrons. The second-order valence-electron chi connectivity index (χ2n) is 6.73. The lowest BCUT2D eigenvalue weighted by Gasteiger charge is -2.15. The van der Waals surface area contributed by atoms with Gasteiger partial charge in [0.15, 0.2) is 0 Å². The van der Waals surface area contributed by atoms with Crippen LogP contribution in [0.25, 0.3) is 10.2 Å². The fourth-order valence-corrected chi connectivity index (χ4v) is 3.90. The van der Waals surface area contributed by atoms with E-state index in [0.29, 0.717) is 19.0 Å². The van der Waals surface area contributed by atoms with Crippen LogP contribution in [-0.2, 0) is 11.3 Å². The third kappa shape index (κ3) is 4.68. The number of nitrogens with zero attached hydrogens (tertiary/aromatic N) is 2. The van der Waals surface area contributed by atoms with Crippen molar-refractivity contribution in [3.05, 3.63) is 59.1 Å². The molecule has 1 aromatic heterocycles. The number of likely N-dealkylation sites (N-methyl/N-ethyl adjacent to an activating group) is 1. The van der Waals surface area contributed by atoms with Crippen molar-refractivity contribution < 1.29 is 4.79 Å². The van der Waals surface area contributed by atoms with Crippen LogP contribution in [0.5, 0.6) is 0 Å². The van der Waals surface area contributed by atoms with Gasteiger partial charge in [0, 0.05) is 5.69 Å². The second-order valence-corrected chi connectivity index (χ2v) is 7.84. The van der Waals surface area contributed by atoms with Gasteiger partial charge in [0.25, 0.3) is 0 Å². The second kappa shape index (κ2) is 8.43. The van der Waals surface area contributed by atoms with E-state index in [1.54, 1.807) is 11.3 Å². The van der Waals surface area contributed by atoms with Crippen LogP contribution in [0.15, 0.2) is 48.5 Å². The van der Waals surface area contributed by atoms with Crippen molar-refractivity contribution in [2.45, 2.75) is 32.7 Å². The summed E-state index contributed by atoms with van der Waals surface area (Å²) in [4.78, 5) is 18.9. The van der Waals surface area contributed by atoms with Gasteiger partial charge in [-0.2, -0.15) is 0 Å². The smallest absolute Gasteiger partial charge is 0.238 e. The molecule has 0 fully saturated rings. The Morgan fingerprint density at radius 3 is 2.62 bits per heavy atom. The molecule has 2 aromatic carbocycles. The fraction of sp³-hybridized carbons (Fsp3) is 0.333. The van der Waals surface area contributed by atoms with E-state index in [-0.39, 0.29) is 5.91 Å². The number of rotatable bonds is 7. The highest BCUT2D eigenvalue weighted by Crippen LogP contribution is 2.22. The minimum atomic E-state index is -0.00935. The molecule has 1 atom stereocenters. The van der Waals surface area contributed by atoms with Gasteiger partial charge in [-0.3, -0.25) is 9.69 Å². The number of carbonyl (C=O) groups is 1. The summed E-state index contributed by atoms with van der Waals surface area (Å²) in [7, 11) is 1.94. The van der Waals surface area contributed by atoms with Crippen LogP contribution >= 0.6 is 11.3 Å². The first-order chi connectivity index (χ1) is 12.5. The topological polar surface area (TPSA) is 45.2 Å². The van der Waals surface area contributed by atoms with Crippen LogP contribution in [0, 0.1) is 0 Å². The van der Waals surface area contributed by atoms with Gasteiger partial charge >= 0.3 is 0 Å². The number of nitrogens with one attached hydrogen (secondary N) is 1. The Morgan fingerprint density at radius 2 is 1.92 bits per heavy atom. The molecule has 0 aliphatic heterocycles. The van der Waals surface area contributed by atoms with Crippen molar-refractivity contribution in [2.24, 2.45) is 0 Å². The predicted molar refractivity (Wildman–Crippen MR) is 110 cm³/mol. The normalized spacial score (nSPS) is 12.5. The Balaban J connectivity index is 1.53. The fourth-order valence-electron chi connectivity index (χ4n) is 2.85. The maximum absolute atomic E-state index is 12.3. The molecule has 26 heavy (non-hydrogen) atoms. The minimum absolute atomic E-state index is 0.00935. The van der Waals surface area contributed by atoms with Gasteiger partial charge in [-0.25, -0.2) is 4.98 Å². The summed E-state index contributed by atoms with van der Waals surface area (Å²) in [6, 6.07) is 16.3. The number of carbonyl (C=O) groups excluding carboxylic acids is 1. The number of amides is 1. The predicted octanol–water partition coefficient (Wildman–Crippen LogP) is 4.88. The summed E-state index contributed by atoms with van der Waals surface area (Å²) >= 11 is 1.68. The summed E-state index contributed by atoms with van der Waals surface area (Å²) in [6.45, 7) is 5.40. The van der Waals surface area contributed by atoms with E-state index in [1.807, 2.05) is 42.3 Å². The van der Waals surface area contributed by atoms with Gasteiger partial charge in [0.1, 0.15) is 5.01 Å². The van der Waals surface area contributed by atoms with Crippen LogP contribution in [0.4, 0.5) is 5.69 Å². The molecule has 0 saturated heterocycles. The van der Waals surface area contributed by atoms with Gasteiger partial charge in [-0.15, -0.1) is 11.3 Å². The van der Waals surface area contributed by atoms with Gasteiger partial charge in [-0.1, -0.05) is 38.1 Å². The number of aromatic nitrogens is 1. The number of thiazole rings is 1. The maximum atomic E-state index is 12.3. The van der Waals surface area contributed by atoms with Crippen molar-refractivity contribution >= 4 is 33.1 Å². The average Bonchev–Trinajstić information content (AvgIpc) is 3.03. The summed E-state index contributed by atoms with van der Waals surface area (Å²) < 4.78 is 1.18. The molecular formula is C21H25N3OS. The number of benzene rings is 2. The molecule has 0 spiro atoms. The molecule has 0 unspecified atom stereocenters.